The molecule has 4 rings (SSSR count). The lowest BCUT2D eigenvalue weighted by Gasteiger charge is -2.48. The van der Waals surface area contributed by atoms with Crippen molar-refractivity contribution in [1.29, 1.82) is 0 Å². The minimum Gasteiger partial charge on any atom is -0.449 e. The summed E-state index contributed by atoms with van der Waals surface area (Å²) in [5, 5.41) is 20.2. The maximum Gasteiger partial charge on any atom is 0.512 e. The van der Waals surface area contributed by atoms with E-state index in [0.29, 0.717) is 15.2 Å². The van der Waals surface area contributed by atoms with E-state index in [0.717, 1.165) is 18.5 Å². The zero-order chi connectivity index (χ0) is 16.1. The van der Waals surface area contributed by atoms with E-state index in [-0.39, 0.29) is 29.8 Å². The first kappa shape index (κ1) is 14.7. The van der Waals surface area contributed by atoms with Crippen LogP contribution >= 0.6 is 23.1 Å². The summed E-state index contributed by atoms with van der Waals surface area (Å²) in [5.41, 5.74) is 6.41. The lowest BCUT2D eigenvalue weighted by molar-refractivity contribution is -0.152. The van der Waals surface area contributed by atoms with Crippen LogP contribution in [-0.2, 0) is 9.53 Å². The van der Waals surface area contributed by atoms with Crippen LogP contribution in [0.4, 0.5) is 9.93 Å². The minimum atomic E-state index is -1.41. The number of nitrogens with one attached hydrogen (secondary N) is 1. The van der Waals surface area contributed by atoms with Crippen molar-refractivity contribution < 1.29 is 19.4 Å². The summed E-state index contributed by atoms with van der Waals surface area (Å²) in [5.74, 6) is 0.652. The second-order valence-electron chi connectivity index (χ2n) is 5.42. The van der Waals surface area contributed by atoms with Crippen molar-refractivity contribution >= 4 is 40.3 Å². The Balaban J connectivity index is 1.61. The lowest BCUT2D eigenvalue weighted by atomic mass is 9.80. The van der Waals surface area contributed by atoms with Crippen LogP contribution in [0, 0.1) is 5.92 Å². The van der Waals surface area contributed by atoms with Gasteiger partial charge in [-0.2, -0.15) is 0 Å². The van der Waals surface area contributed by atoms with Crippen molar-refractivity contribution in [2.45, 2.75) is 22.8 Å². The van der Waals surface area contributed by atoms with Gasteiger partial charge < -0.3 is 20.9 Å². The van der Waals surface area contributed by atoms with Gasteiger partial charge in [0.15, 0.2) is 4.34 Å². The molecule has 1 unspecified atom stereocenters. The summed E-state index contributed by atoms with van der Waals surface area (Å²) in [6.07, 6.45) is -0.573. The topological polar surface area (TPSA) is 131 Å². The van der Waals surface area contributed by atoms with E-state index in [1.807, 2.05) is 0 Å². The summed E-state index contributed by atoms with van der Waals surface area (Å²) in [6.45, 7) is 0.728. The van der Waals surface area contributed by atoms with Gasteiger partial charge in [0.05, 0.1) is 6.04 Å². The number of carbonyl (C=O) groups is 2. The summed E-state index contributed by atoms with van der Waals surface area (Å²) in [7, 11) is 0. The Bertz CT molecular complexity index is 720. The number of nitrogen functional groups attached to an aromatic ring is 1. The highest BCUT2D eigenvalue weighted by atomic mass is 32.2. The number of nitrogens with zero attached hydrogens (tertiary/aromatic N) is 3. The van der Waals surface area contributed by atoms with Crippen LogP contribution in [0.15, 0.2) is 15.8 Å². The molecule has 3 atom stereocenters. The van der Waals surface area contributed by atoms with Crippen molar-refractivity contribution in [2.24, 2.45) is 5.92 Å². The van der Waals surface area contributed by atoms with Gasteiger partial charge in [0.2, 0.25) is 16.9 Å². The third-order valence-electron chi connectivity index (χ3n) is 4.27. The van der Waals surface area contributed by atoms with Gasteiger partial charge in [-0.05, 0) is 13.0 Å². The van der Waals surface area contributed by atoms with Crippen molar-refractivity contribution in [1.82, 2.24) is 20.4 Å². The number of hydrogen-bond acceptors (Lipinski definition) is 9. The Hall–Kier alpha value is -1.85. The van der Waals surface area contributed by atoms with Gasteiger partial charge in [-0.3, -0.25) is 9.69 Å². The lowest BCUT2D eigenvalue weighted by Crippen LogP contribution is -2.71. The maximum atomic E-state index is 12.2. The van der Waals surface area contributed by atoms with Gasteiger partial charge in [-0.1, -0.05) is 23.1 Å². The molecule has 3 aliphatic heterocycles. The van der Waals surface area contributed by atoms with Crippen LogP contribution in [0.25, 0.3) is 0 Å². The first-order valence-electron chi connectivity index (χ1n) is 6.98. The van der Waals surface area contributed by atoms with E-state index in [4.69, 9.17) is 15.6 Å². The molecular formula is C12H13N5O4S2. The maximum absolute atomic E-state index is 12.2. The zero-order valence-corrected chi connectivity index (χ0v) is 13.4. The number of carboxylic acid groups (broad SMARTS) is 1. The highest BCUT2D eigenvalue weighted by molar-refractivity contribution is 8.01. The largest absolute Gasteiger partial charge is 0.512 e. The Morgan fingerprint density at radius 1 is 1.57 bits per heavy atom. The molecule has 9 nitrogen and oxygen atoms in total. The normalized spacial score (nSPS) is 28.6. The molecule has 0 spiro atoms. The van der Waals surface area contributed by atoms with Crippen molar-refractivity contribution in [3.05, 3.63) is 11.5 Å². The van der Waals surface area contributed by atoms with E-state index in [1.54, 1.807) is 0 Å². The highest BCUT2D eigenvalue weighted by Crippen LogP contribution is 2.47. The second kappa shape index (κ2) is 5.35. The Morgan fingerprint density at radius 2 is 2.39 bits per heavy atom. The van der Waals surface area contributed by atoms with Gasteiger partial charge in [0.25, 0.3) is 0 Å². The zero-order valence-electron chi connectivity index (χ0n) is 11.8. The van der Waals surface area contributed by atoms with Crippen LogP contribution < -0.4 is 11.1 Å². The molecule has 0 aliphatic carbocycles. The average Bonchev–Trinajstić information content (AvgIpc) is 3.04. The number of β-lactam (4-membered cyclic amide) rings is 1. The van der Waals surface area contributed by atoms with Crippen molar-refractivity contribution in [3.8, 4) is 0 Å². The molecule has 122 valence electrons. The highest BCUT2D eigenvalue weighted by Gasteiger charge is 2.60. The quantitative estimate of drug-likeness (QED) is 0.397. The monoisotopic (exact) mass is 355 g/mol. The molecule has 0 radical (unpaired) electrons. The molecule has 1 aromatic heterocycles. The van der Waals surface area contributed by atoms with Crippen molar-refractivity contribution in [2.75, 3.05) is 18.0 Å². The third kappa shape index (κ3) is 2.26. The number of piperidine rings is 1. The van der Waals surface area contributed by atoms with E-state index >= 15 is 0 Å². The van der Waals surface area contributed by atoms with Crippen LogP contribution in [0.5, 0.6) is 0 Å². The number of anilines is 1. The third-order valence-corrected chi connectivity index (χ3v) is 6.21. The fraction of sp³-hybridized carbons (Fsp3) is 0.500. The molecular weight excluding hydrogens is 342 g/mol. The molecule has 2 saturated heterocycles. The molecule has 4 N–H and O–H groups in total. The number of ether oxygens (including phenoxy) is 1. The fourth-order valence-electron chi connectivity index (χ4n) is 3.41. The standard InChI is InChI=1S/C12H13N5O4S2/c13-10-15-16-11(23-10)22-3-5-4-1-2-14-6-7(4)17(8(6)18)9(5)21-12(19)20/h4,6-7,14H,1-3H2,(H2,13,15)(H,19,20)/t4?,6-,7+/m0/s1. The molecule has 1 amide bonds. The Labute approximate surface area is 138 Å². The molecule has 4 heterocycles. The number of rotatable bonds is 4. The minimum absolute atomic E-state index is 0.0410. The predicted molar refractivity (Wildman–Crippen MR) is 81.7 cm³/mol. The van der Waals surface area contributed by atoms with E-state index in [9.17, 15) is 9.59 Å². The number of carbonyl (C=O) groups excluding carboxylic acids is 1. The van der Waals surface area contributed by atoms with Gasteiger partial charge in [0.1, 0.15) is 6.04 Å². The first-order chi connectivity index (χ1) is 11.1. The molecule has 2 fully saturated rings. The summed E-state index contributed by atoms with van der Waals surface area (Å²) in [6, 6.07) is -0.276. The smallest absolute Gasteiger partial charge is 0.449 e. The summed E-state index contributed by atoms with van der Waals surface area (Å²) in [4.78, 5) is 24.7. The molecule has 11 heteroatoms. The van der Waals surface area contributed by atoms with Crippen LogP contribution in [-0.4, -0.2) is 56.6 Å². The van der Waals surface area contributed by atoms with Crippen LogP contribution in [0.1, 0.15) is 6.42 Å². The SMILES string of the molecule is Nc1nnc(SCC2=C(OC(=O)O)N3C(=O)[C@H]4NCCC2[C@H]43)s1. The predicted octanol–water partition coefficient (Wildman–Crippen LogP) is 0.321. The van der Waals surface area contributed by atoms with Gasteiger partial charge in [-0.15, -0.1) is 10.2 Å². The Kier molecular flexibility index (Phi) is 3.43. The van der Waals surface area contributed by atoms with E-state index in [1.165, 1.54) is 28.0 Å². The van der Waals surface area contributed by atoms with Gasteiger partial charge in [0, 0.05) is 17.2 Å². The molecule has 3 aliphatic rings. The Morgan fingerprint density at radius 3 is 3.09 bits per heavy atom. The summed E-state index contributed by atoms with van der Waals surface area (Å²) < 4.78 is 5.64. The first-order valence-corrected chi connectivity index (χ1v) is 8.78. The molecule has 23 heavy (non-hydrogen) atoms. The van der Waals surface area contributed by atoms with Crippen molar-refractivity contribution in [3.63, 3.8) is 0 Å². The average molecular weight is 355 g/mol. The molecule has 1 aromatic rings. The second-order valence-corrected chi connectivity index (χ2v) is 7.65. The summed E-state index contributed by atoms with van der Waals surface area (Å²) >= 11 is 2.70. The fourth-order valence-corrected chi connectivity index (χ4v) is 5.13. The van der Waals surface area contributed by atoms with Gasteiger partial charge >= 0.3 is 6.16 Å². The number of aromatic nitrogens is 2. The molecule has 0 saturated carbocycles. The van der Waals surface area contributed by atoms with E-state index in [2.05, 4.69) is 15.5 Å². The van der Waals surface area contributed by atoms with Crippen LogP contribution in [0.3, 0.4) is 0 Å². The number of thioether (sulfide) groups is 1. The molecule has 0 aromatic carbocycles. The number of nitrogens with two attached hydrogens (primary N) is 1. The van der Waals surface area contributed by atoms with Crippen LogP contribution in [0.2, 0.25) is 0 Å². The number of hydrogen-bond donors (Lipinski definition) is 3. The number of amides is 1. The van der Waals surface area contributed by atoms with E-state index < -0.39 is 6.16 Å². The molecule has 0 bridgehead atoms. The van der Waals surface area contributed by atoms with Gasteiger partial charge in [-0.25, -0.2) is 4.79 Å².